The van der Waals surface area contributed by atoms with E-state index in [1.807, 2.05) is 55.1 Å². The van der Waals surface area contributed by atoms with E-state index >= 15 is 0 Å². The molecule has 3 aromatic carbocycles. The molecule has 0 amide bonds. The molecule has 2 aromatic heterocycles. The van der Waals surface area contributed by atoms with Crippen LogP contribution in [-0.4, -0.2) is 27.8 Å². The minimum absolute atomic E-state index is 0.153. The van der Waals surface area contributed by atoms with Crippen LogP contribution in [0.25, 0.3) is 10.9 Å². The number of hydrogen-bond acceptors (Lipinski definition) is 7. The van der Waals surface area contributed by atoms with Crippen LogP contribution >= 0.6 is 11.6 Å². The van der Waals surface area contributed by atoms with Gasteiger partial charge in [0.2, 0.25) is 0 Å². The van der Waals surface area contributed by atoms with Crippen LogP contribution in [0.1, 0.15) is 66.6 Å². The molecule has 2 atom stereocenters. The molecule has 5 aromatic rings. The smallest absolute Gasteiger partial charge is 0.148 e. The SMILES string of the molecule is B[C@](Nc1cc(Cl)c2ncc(C#N)c(NC(CCCC#N)c3ccccc3)c2c1)(c1ccc(F)cc1)c1cn(C2CC2)nn1. The fraction of sp³-hybridized carbons (Fsp3) is 0.242. The van der Waals surface area contributed by atoms with Gasteiger partial charge in [0.25, 0.3) is 0 Å². The Labute approximate surface area is 260 Å². The second kappa shape index (κ2) is 12.4. The predicted octanol–water partition coefficient (Wildman–Crippen LogP) is 6.62. The van der Waals surface area contributed by atoms with Crippen molar-refractivity contribution in [1.82, 2.24) is 20.0 Å². The van der Waals surface area contributed by atoms with Gasteiger partial charge in [0.05, 0.1) is 51.6 Å². The van der Waals surface area contributed by atoms with Crippen molar-refractivity contribution in [2.24, 2.45) is 0 Å². The van der Waals surface area contributed by atoms with Gasteiger partial charge in [-0.05, 0) is 61.1 Å². The lowest BCUT2D eigenvalue weighted by molar-refractivity contribution is 0.610. The van der Waals surface area contributed by atoms with Crippen molar-refractivity contribution in [3.63, 3.8) is 0 Å². The standard InChI is InChI=1S/C33H29BClFN8/c34-33(23-9-11-24(36)12-10-23,30-20-44(43-42-30)26-13-14-26)41-25-16-27-31(22(18-38)19-39-32(27)28(35)17-25)40-29(8-4-5-15-37)21-6-2-1-3-7-21/h1-3,6-7,9-12,16-17,19-20,26,29,41H,4-5,8,13-14,34H2,(H,39,40)/t29?,33-/m0/s1. The third-order valence-corrected chi connectivity index (χ3v) is 8.39. The van der Waals surface area contributed by atoms with Gasteiger partial charge < -0.3 is 10.6 Å². The summed E-state index contributed by atoms with van der Waals surface area (Å²) in [6, 6.07) is 24.7. The minimum atomic E-state index is -0.893. The summed E-state index contributed by atoms with van der Waals surface area (Å²) in [5.74, 6) is -0.333. The second-order valence-electron chi connectivity index (χ2n) is 11.2. The summed E-state index contributed by atoms with van der Waals surface area (Å²) >= 11 is 6.85. The lowest BCUT2D eigenvalue weighted by Gasteiger charge is -2.31. The van der Waals surface area contributed by atoms with E-state index in [4.69, 9.17) is 16.9 Å². The Bertz CT molecular complexity index is 1880. The molecule has 8 nitrogen and oxygen atoms in total. The number of nitrogens with zero attached hydrogens (tertiary/aromatic N) is 6. The van der Waals surface area contributed by atoms with Gasteiger partial charge in [-0.25, -0.2) is 9.07 Å². The van der Waals surface area contributed by atoms with Crippen LogP contribution in [0, 0.1) is 28.5 Å². The first-order valence-electron chi connectivity index (χ1n) is 14.6. The van der Waals surface area contributed by atoms with Crippen molar-refractivity contribution in [2.75, 3.05) is 10.6 Å². The second-order valence-corrected chi connectivity index (χ2v) is 11.6. The van der Waals surface area contributed by atoms with E-state index < -0.39 is 5.44 Å². The quantitative estimate of drug-likeness (QED) is 0.129. The number of aromatic nitrogens is 4. The Morgan fingerprint density at radius 1 is 1.11 bits per heavy atom. The topological polar surface area (TPSA) is 115 Å². The number of rotatable bonds is 11. The Morgan fingerprint density at radius 2 is 1.89 bits per heavy atom. The number of unbranched alkanes of at least 4 members (excludes halogenated alkanes) is 1. The largest absolute Gasteiger partial charge is 0.378 e. The molecule has 0 spiro atoms. The van der Waals surface area contributed by atoms with E-state index in [1.165, 1.54) is 18.3 Å². The molecule has 2 N–H and O–H groups in total. The maximum atomic E-state index is 14.0. The van der Waals surface area contributed by atoms with Gasteiger partial charge in [-0.15, -0.1) is 5.10 Å². The predicted molar refractivity (Wildman–Crippen MR) is 171 cm³/mol. The maximum Gasteiger partial charge on any atom is 0.148 e. The fourth-order valence-corrected chi connectivity index (χ4v) is 5.79. The highest BCUT2D eigenvalue weighted by atomic mass is 35.5. The Morgan fingerprint density at radius 3 is 2.59 bits per heavy atom. The molecule has 2 heterocycles. The molecule has 0 bridgehead atoms. The van der Waals surface area contributed by atoms with Crippen LogP contribution in [0.15, 0.2) is 79.1 Å². The minimum Gasteiger partial charge on any atom is -0.378 e. The maximum absolute atomic E-state index is 14.0. The van der Waals surface area contributed by atoms with Crippen molar-refractivity contribution in [3.05, 3.63) is 112 Å². The van der Waals surface area contributed by atoms with Crippen LogP contribution in [0.3, 0.4) is 0 Å². The van der Waals surface area contributed by atoms with Crippen LogP contribution < -0.4 is 10.6 Å². The first-order valence-corrected chi connectivity index (χ1v) is 14.9. The van der Waals surface area contributed by atoms with Gasteiger partial charge in [-0.2, -0.15) is 10.5 Å². The lowest BCUT2D eigenvalue weighted by Crippen LogP contribution is -2.37. The number of nitrogens with one attached hydrogen (secondary N) is 2. The summed E-state index contributed by atoms with van der Waals surface area (Å²) in [4.78, 5) is 4.53. The number of benzene rings is 3. The van der Waals surface area contributed by atoms with Crippen LogP contribution in [0.2, 0.25) is 5.02 Å². The highest BCUT2D eigenvalue weighted by Gasteiger charge is 2.34. The third kappa shape index (κ3) is 5.95. The number of anilines is 2. The van der Waals surface area contributed by atoms with Crippen molar-refractivity contribution >= 4 is 41.7 Å². The zero-order valence-corrected chi connectivity index (χ0v) is 24.9. The van der Waals surface area contributed by atoms with Crippen LogP contribution in [-0.2, 0) is 5.44 Å². The first kappa shape index (κ1) is 29.2. The molecule has 0 aliphatic heterocycles. The first-order chi connectivity index (χ1) is 21.4. The monoisotopic (exact) mass is 602 g/mol. The molecule has 44 heavy (non-hydrogen) atoms. The van der Waals surface area contributed by atoms with Gasteiger partial charge in [-0.1, -0.05) is 59.3 Å². The average molecular weight is 603 g/mol. The molecule has 218 valence electrons. The summed E-state index contributed by atoms with van der Waals surface area (Å²) in [6.07, 6.45) is 7.41. The van der Waals surface area contributed by atoms with E-state index in [9.17, 15) is 9.65 Å². The van der Waals surface area contributed by atoms with E-state index in [1.54, 1.807) is 18.2 Å². The van der Waals surface area contributed by atoms with Gasteiger partial charge in [0.1, 0.15) is 25.4 Å². The molecule has 1 aliphatic carbocycles. The van der Waals surface area contributed by atoms with E-state index in [0.717, 1.165) is 24.0 Å². The molecule has 1 unspecified atom stereocenters. The number of hydrogen-bond donors (Lipinski definition) is 2. The summed E-state index contributed by atoms with van der Waals surface area (Å²) in [7, 11) is 1.98. The van der Waals surface area contributed by atoms with E-state index in [-0.39, 0.29) is 11.9 Å². The molecule has 1 aliphatic rings. The molecular weight excluding hydrogens is 574 g/mol. The molecule has 6 rings (SSSR count). The van der Waals surface area contributed by atoms with Gasteiger partial charge in [0, 0.05) is 23.7 Å². The zero-order valence-electron chi connectivity index (χ0n) is 24.1. The molecule has 11 heteroatoms. The van der Waals surface area contributed by atoms with E-state index in [0.29, 0.717) is 63.9 Å². The summed E-state index contributed by atoms with van der Waals surface area (Å²) in [5, 5.41) is 36.4. The van der Waals surface area contributed by atoms with Crippen molar-refractivity contribution < 1.29 is 4.39 Å². The Balaban J connectivity index is 1.44. The lowest BCUT2D eigenvalue weighted by atomic mass is 9.69. The summed E-state index contributed by atoms with van der Waals surface area (Å²) in [5.41, 5.74) is 3.81. The van der Waals surface area contributed by atoms with Gasteiger partial charge in [0.15, 0.2) is 0 Å². The fourth-order valence-electron chi connectivity index (χ4n) is 5.52. The van der Waals surface area contributed by atoms with Crippen LogP contribution in [0.5, 0.6) is 0 Å². The molecular formula is C33H29BClFN8. The Kier molecular flexibility index (Phi) is 8.19. The number of fused-ring (bicyclic) bond motifs is 1. The number of nitriles is 2. The van der Waals surface area contributed by atoms with Crippen molar-refractivity contribution in [3.8, 4) is 12.1 Å². The normalized spacial score (nSPS) is 14.7. The number of pyridine rings is 1. The molecule has 1 saturated carbocycles. The van der Waals surface area contributed by atoms with Crippen molar-refractivity contribution in [2.45, 2.75) is 49.6 Å². The molecule has 0 radical (unpaired) electrons. The number of halogens is 2. The average Bonchev–Trinajstić information content (AvgIpc) is 3.76. The third-order valence-electron chi connectivity index (χ3n) is 8.11. The molecule has 1 fully saturated rings. The molecule has 0 saturated heterocycles. The van der Waals surface area contributed by atoms with Crippen molar-refractivity contribution in [1.29, 1.82) is 10.5 Å². The summed E-state index contributed by atoms with van der Waals surface area (Å²) < 4.78 is 15.8. The Hall–Kier alpha value is -4.93. The highest BCUT2D eigenvalue weighted by Crippen LogP contribution is 2.39. The highest BCUT2D eigenvalue weighted by molar-refractivity contribution is 6.36. The van der Waals surface area contributed by atoms with Gasteiger partial charge >= 0.3 is 0 Å². The van der Waals surface area contributed by atoms with Gasteiger partial charge in [-0.3, -0.25) is 4.98 Å². The van der Waals surface area contributed by atoms with Crippen LogP contribution in [0.4, 0.5) is 15.8 Å². The summed E-state index contributed by atoms with van der Waals surface area (Å²) in [6.45, 7) is 0. The zero-order chi connectivity index (χ0) is 30.7. The van der Waals surface area contributed by atoms with E-state index in [2.05, 4.69) is 38.1 Å².